The zero-order valence-electron chi connectivity index (χ0n) is 13.7. The third kappa shape index (κ3) is 2.76. The van der Waals surface area contributed by atoms with Crippen LogP contribution >= 0.6 is 0 Å². The summed E-state index contributed by atoms with van der Waals surface area (Å²) in [4.78, 5) is 12.6. The van der Waals surface area contributed by atoms with Crippen LogP contribution in [0.2, 0.25) is 0 Å². The van der Waals surface area contributed by atoms with Gasteiger partial charge in [0.2, 0.25) is 0 Å². The average Bonchev–Trinajstić information content (AvgIpc) is 3.12. The lowest BCUT2D eigenvalue weighted by molar-refractivity contribution is -0.0246. The highest BCUT2D eigenvalue weighted by molar-refractivity contribution is 5.98. The number of rotatable bonds is 2. The van der Waals surface area contributed by atoms with Crippen LogP contribution in [0.1, 0.15) is 48.9 Å². The maximum absolute atomic E-state index is 12.6. The van der Waals surface area contributed by atoms with E-state index in [4.69, 9.17) is 4.74 Å². The highest BCUT2D eigenvalue weighted by Crippen LogP contribution is 2.39. The lowest BCUT2D eigenvalue weighted by atomic mass is 9.82. The van der Waals surface area contributed by atoms with Gasteiger partial charge in [0.25, 0.3) is 5.91 Å². The molecule has 0 unspecified atom stereocenters. The van der Waals surface area contributed by atoms with Gasteiger partial charge in [0.15, 0.2) is 0 Å². The molecule has 0 bridgehead atoms. The lowest BCUT2D eigenvalue weighted by Gasteiger charge is -2.32. The van der Waals surface area contributed by atoms with Gasteiger partial charge in [-0.05, 0) is 42.8 Å². The Bertz CT molecular complexity index is 728. The van der Waals surface area contributed by atoms with Crippen LogP contribution < -0.4 is 5.32 Å². The fourth-order valence-corrected chi connectivity index (χ4v) is 4.15. The first kappa shape index (κ1) is 14.8. The van der Waals surface area contributed by atoms with Crippen molar-refractivity contribution in [1.82, 2.24) is 9.88 Å². The summed E-state index contributed by atoms with van der Waals surface area (Å²) in [6.07, 6.45) is 9.10. The SMILES string of the molecule is Cn1ccc2ccc(C(=O)N[C@H]3COC4(CCCCC4)C3)cc21. The molecular formula is C19H24N2O2. The molecule has 1 atom stereocenters. The Balaban J connectivity index is 1.46. The number of hydrogen-bond acceptors (Lipinski definition) is 2. The summed E-state index contributed by atoms with van der Waals surface area (Å²) in [5, 5.41) is 4.33. The molecule has 4 rings (SSSR count). The van der Waals surface area contributed by atoms with Crippen LogP contribution in [0.3, 0.4) is 0 Å². The van der Waals surface area contributed by atoms with Crippen LogP contribution in [0.5, 0.6) is 0 Å². The number of ether oxygens (including phenoxy) is 1. The summed E-state index contributed by atoms with van der Waals surface area (Å²) in [7, 11) is 2.00. The van der Waals surface area contributed by atoms with Gasteiger partial charge in [-0.3, -0.25) is 4.79 Å². The lowest BCUT2D eigenvalue weighted by Crippen LogP contribution is -2.37. The van der Waals surface area contributed by atoms with E-state index in [1.165, 1.54) is 19.3 Å². The quantitative estimate of drug-likeness (QED) is 0.923. The maximum atomic E-state index is 12.6. The van der Waals surface area contributed by atoms with Crippen molar-refractivity contribution < 1.29 is 9.53 Å². The molecule has 2 fully saturated rings. The third-order valence-corrected chi connectivity index (χ3v) is 5.46. The Hall–Kier alpha value is -1.81. The first-order chi connectivity index (χ1) is 11.2. The molecule has 1 aliphatic carbocycles. The fourth-order valence-electron chi connectivity index (χ4n) is 4.15. The molecule has 2 aliphatic rings. The van der Waals surface area contributed by atoms with E-state index in [9.17, 15) is 4.79 Å². The molecule has 1 N–H and O–H groups in total. The average molecular weight is 312 g/mol. The number of aromatic nitrogens is 1. The molecule has 1 saturated heterocycles. The van der Waals surface area contributed by atoms with E-state index >= 15 is 0 Å². The van der Waals surface area contributed by atoms with Crippen molar-refractivity contribution in [2.75, 3.05) is 6.61 Å². The van der Waals surface area contributed by atoms with E-state index in [0.717, 1.165) is 35.7 Å². The van der Waals surface area contributed by atoms with E-state index in [2.05, 4.69) is 11.4 Å². The van der Waals surface area contributed by atoms with E-state index < -0.39 is 0 Å². The molecule has 4 heteroatoms. The number of benzene rings is 1. The molecule has 1 amide bonds. The Morgan fingerprint density at radius 1 is 1.26 bits per heavy atom. The highest BCUT2D eigenvalue weighted by Gasteiger charge is 2.41. The molecule has 1 spiro atoms. The van der Waals surface area contributed by atoms with Crippen LogP contribution in [-0.4, -0.2) is 28.7 Å². The van der Waals surface area contributed by atoms with Gasteiger partial charge in [-0.15, -0.1) is 0 Å². The number of carbonyl (C=O) groups excluding carboxylic acids is 1. The Morgan fingerprint density at radius 2 is 2.09 bits per heavy atom. The Kier molecular flexibility index (Phi) is 3.64. The van der Waals surface area contributed by atoms with E-state index in [-0.39, 0.29) is 17.6 Å². The first-order valence-corrected chi connectivity index (χ1v) is 8.65. The number of aryl methyl sites for hydroxylation is 1. The largest absolute Gasteiger partial charge is 0.373 e. The van der Waals surface area contributed by atoms with Gasteiger partial charge in [0, 0.05) is 24.3 Å². The number of carbonyl (C=O) groups is 1. The zero-order chi connectivity index (χ0) is 15.9. The molecule has 122 valence electrons. The molecule has 1 aromatic carbocycles. The predicted molar refractivity (Wildman–Crippen MR) is 90.6 cm³/mol. The normalized spacial score (nSPS) is 23.4. The molecule has 0 radical (unpaired) electrons. The van der Waals surface area contributed by atoms with Crippen molar-refractivity contribution in [3.63, 3.8) is 0 Å². The number of fused-ring (bicyclic) bond motifs is 1. The van der Waals surface area contributed by atoms with Crippen LogP contribution in [0.25, 0.3) is 10.9 Å². The Labute approximate surface area is 136 Å². The number of hydrogen-bond donors (Lipinski definition) is 1. The molecule has 4 nitrogen and oxygen atoms in total. The Morgan fingerprint density at radius 3 is 2.91 bits per heavy atom. The maximum Gasteiger partial charge on any atom is 0.251 e. The fraction of sp³-hybridized carbons (Fsp3) is 0.526. The summed E-state index contributed by atoms with van der Waals surface area (Å²) in [5.74, 6) is 0.00885. The van der Waals surface area contributed by atoms with Gasteiger partial charge in [-0.25, -0.2) is 0 Å². The van der Waals surface area contributed by atoms with Gasteiger partial charge >= 0.3 is 0 Å². The first-order valence-electron chi connectivity index (χ1n) is 8.65. The summed E-state index contributed by atoms with van der Waals surface area (Å²) in [5.41, 5.74) is 1.85. The van der Waals surface area contributed by atoms with Crippen molar-refractivity contribution in [3.8, 4) is 0 Å². The minimum absolute atomic E-state index is 0.00885. The minimum atomic E-state index is 0.00885. The van der Waals surface area contributed by atoms with Gasteiger partial charge in [-0.1, -0.05) is 25.3 Å². The van der Waals surface area contributed by atoms with Crippen molar-refractivity contribution in [1.29, 1.82) is 0 Å². The molecule has 1 saturated carbocycles. The van der Waals surface area contributed by atoms with E-state index in [0.29, 0.717) is 6.61 Å². The predicted octanol–water partition coefficient (Wildman–Crippen LogP) is 3.40. The van der Waals surface area contributed by atoms with Gasteiger partial charge in [-0.2, -0.15) is 0 Å². The van der Waals surface area contributed by atoms with E-state index in [1.54, 1.807) is 0 Å². The number of nitrogens with zero attached hydrogens (tertiary/aromatic N) is 1. The van der Waals surface area contributed by atoms with Gasteiger partial charge < -0.3 is 14.6 Å². The van der Waals surface area contributed by atoms with Crippen molar-refractivity contribution in [2.24, 2.45) is 7.05 Å². The second-order valence-corrected chi connectivity index (χ2v) is 7.13. The molecule has 1 aliphatic heterocycles. The molecular weight excluding hydrogens is 288 g/mol. The smallest absolute Gasteiger partial charge is 0.251 e. The van der Waals surface area contributed by atoms with Crippen LogP contribution in [0.4, 0.5) is 0 Å². The van der Waals surface area contributed by atoms with Gasteiger partial charge in [0.05, 0.1) is 18.2 Å². The third-order valence-electron chi connectivity index (χ3n) is 5.46. The van der Waals surface area contributed by atoms with E-state index in [1.807, 2.05) is 36.0 Å². The second-order valence-electron chi connectivity index (χ2n) is 7.13. The molecule has 2 heterocycles. The van der Waals surface area contributed by atoms with Crippen molar-refractivity contribution in [3.05, 3.63) is 36.0 Å². The monoisotopic (exact) mass is 312 g/mol. The standard InChI is InChI=1S/C19H24N2O2/c1-21-10-7-14-5-6-15(11-17(14)21)18(22)20-16-12-19(23-13-16)8-3-2-4-9-19/h5-7,10-11,16H,2-4,8-9,12-13H2,1H3,(H,20,22)/t16-/m1/s1. The number of amides is 1. The topological polar surface area (TPSA) is 43.3 Å². The van der Waals surface area contributed by atoms with Crippen LogP contribution in [0, 0.1) is 0 Å². The summed E-state index contributed by atoms with van der Waals surface area (Å²) < 4.78 is 8.13. The highest BCUT2D eigenvalue weighted by atomic mass is 16.5. The van der Waals surface area contributed by atoms with Crippen LogP contribution in [-0.2, 0) is 11.8 Å². The minimum Gasteiger partial charge on any atom is -0.373 e. The summed E-state index contributed by atoms with van der Waals surface area (Å²) in [6.45, 7) is 0.651. The zero-order valence-corrected chi connectivity index (χ0v) is 13.7. The van der Waals surface area contributed by atoms with Crippen LogP contribution in [0.15, 0.2) is 30.5 Å². The van der Waals surface area contributed by atoms with Crippen molar-refractivity contribution in [2.45, 2.75) is 50.2 Å². The molecule has 1 aromatic heterocycles. The van der Waals surface area contributed by atoms with Crippen molar-refractivity contribution >= 4 is 16.8 Å². The number of nitrogens with one attached hydrogen (secondary N) is 1. The molecule has 2 aromatic rings. The second kappa shape index (κ2) is 5.68. The van der Waals surface area contributed by atoms with Gasteiger partial charge in [0.1, 0.15) is 0 Å². The summed E-state index contributed by atoms with van der Waals surface area (Å²) >= 11 is 0. The summed E-state index contributed by atoms with van der Waals surface area (Å²) in [6, 6.07) is 8.10. The molecule has 23 heavy (non-hydrogen) atoms.